The minimum atomic E-state index is 0.778. The lowest BCUT2D eigenvalue weighted by Crippen LogP contribution is -2.24. The van der Waals surface area contributed by atoms with Crippen molar-refractivity contribution in [2.75, 3.05) is 32.6 Å². The van der Waals surface area contributed by atoms with Crippen LogP contribution in [0, 0.1) is 0 Å². The zero-order valence-corrected chi connectivity index (χ0v) is 12.3. The van der Waals surface area contributed by atoms with E-state index in [-0.39, 0.29) is 0 Å². The van der Waals surface area contributed by atoms with Gasteiger partial charge in [-0.1, -0.05) is 28.9 Å². The Morgan fingerprint density at radius 1 is 1.18 bits per heavy atom. The molecule has 0 saturated carbocycles. The fraction of sp³-hybridized carbons (Fsp3) is 0.538. The molecule has 96 valence electrons. The molecule has 0 heterocycles. The summed E-state index contributed by atoms with van der Waals surface area (Å²) in [4.78, 5) is 2.37. The van der Waals surface area contributed by atoms with Crippen LogP contribution < -0.4 is 9.47 Å². The average Bonchev–Trinajstić information content (AvgIpc) is 2.38. The first-order chi connectivity index (χ1) is 8.24. The van der Waals surface area contributed by atoms with E-state index in [1.165, 1.54) is 5.56 Å². The third-order valence-corrected chi connectivity index (χ3v) is 3.06. The fourth-order valence-electron chi connectivity index (χ4n) is 1.71. The summed E-state index contributed by atoms with van der Waals surface area (Å²) in [5.41, 5.74) is 1.24. The summed E-state index contributed by atoms with van der Waals surface area (Å²) in [6.07, 6.45) is 0. The van der Waals surface area contributed by atoms with Crippen molar-refractivity contribution in [3.05, 3.63) is 23.8 Å². The van der Waals surface area contributed by atoms with Crippen molar-refractivity contribution < 1.29 is 9.47 Å². The number of methoxy groups -OCH3 is 2. The molecule has 1 aromatic rings. The SMILES string of the molecule is CCN(CCBr)Cc1ccc(OC)c(OC)c1. The topological polar surface area (TPSA) is 21.7 Å². The maximum absolute atomic E-state index is 5.30. The van der Waals surface area contributed by atoms with Gasteiger partial charge in [-0.2, -0.15) is 0 Å². The van der Waals surface area contributed by atoms with Crippen molar-refractivity contribution in [3.8, 4) is 11.5 Å². The molecule has 0 radical (unpaired) electrons. The van der Waals surface area contributed by atoms with Gasteiger partial charge in [0.05, 0.1) is 14.2 Å². The lowest BCUT2D eigenvalue weighted by molar-refractivity contribution is 0.297. The Balaban J connectivity index is 2.77. The first kappa shape index (κ1) is 14.3. The molecule has 1 aromatic carbocycles. The summed E-state index contributed by atoms with van der Waals surface area (Å²) in [6, 6.07) is 6.07. The Kier molecular flexibility index (Phi) is 6.37. The van der Waals surface area contributed by atoms with Gasteiger partial charge < -0.3 is 9.47 Å². The molecule has 3 nitrogen and oxygen atoms in total. The summed E-state index contributed by atoms with van der Waals surface area (Å²) >= 11 is 3.47. The molecule has 0 amide bonds. The van der Waals surface area contributed by atoms with Gasteiger partial charge in [0, 0.05) is 18.4 Å². The molecule has 0 saturated heterocycles. The molecular formula is C13H20BrNO2. The standard InChI is InChI=1S/C13H20BrNO2/c1-4-15(8-7-14)10-11-5-6-12(16-2)13(9-11)17-3/h5-6,9H,4,7-8,10H2,1-3H3. The molecule has 0 unspecified atom stereocenters. The number of rotatable bonds is 7. The third-order valence-electron chi connectivity index (χ3n) is 2.70. The van der Waals surface area contributed by atoms with Crippen LogP contribution in [0.4, 0.5) is 0 Å². The summed E-state index contributed by atoms with van der Waals surface area (Å²) in [7, 11) is 3.32. The number of ether oxygens (including phenoxy) is 2. The van der Waals surface area contributed by atoms with Gasteiger partial charge in [0.2, 0.25) is 0 Å². The van der Waals surface area contributed by atoms with Crippen LogP contribution in [0.15, 0.2) is 18.2 Å². The van der Waals surface area contributed by atoms with Crippen molar-refractivity contribution in [1.82, 2.24) is 4.90 Å². The Morgan fingerprint density at radius 2 is 1.88 bits per heavy atom. The zero-order chi connectivity index (χ0) is 12.7. The van der Waals surface area contributed by atoms with Crippen molar-refractivity contribution >= 4 is 15.9 Å². The average molecular weight is 302 g/mol. The lowest BCUT2D eigenvalue weighted by Gasteiger charge is -2.19. The van der Waals surface area contributed by atoms with E-state index in [2.05, 4.69) is 33.8 Å². The predicted molar refractivity (Wildman–Crippen MR) is 74.3 cm³/mol. The van der Waals surface area contributed by atoms with Crippen LogP contribution in [0.3, 0.4) is 0 Å². The van der Waals surface area contributed by atoms with E-state index in [0.717, 1.165) is 36.5 Å². The summed E-state index contributed by atoms with van der Waals surface area (Å²) in [5.74, 6) is 1.57. The second kappa shape index (κ2) is 7.56. The van der Waals surface area contributed by atoms with Crippen molar-refractivity contribution in [2.45, 2.75) is 13.5 Å². The normalized spacial score (nSPS) is 10.6. The molecule has 0 aliphatic rings. The fourth-order valence-corrected chi connectivity index (χ4v) is 2.21. The molecule has 0 fully saturated rings. The molecule has 0 aliphatic heterocycles. The maximum atomic E-state index is 5.30. The van der Waals surface area contributed by atoms with Gasteiger partial charge in [-0.15, -0.1) is 0 Å². The quantitative estimate of drug-likeness (QED) is 0.723. The largest absolute Gasteiger partial charge is 0.493 e. The highest BCUT2D eigenvalue weighted by Gasteiger charge is 2.07. The molecule has 0 spiro atoms. The molecule has 1 rings (SSSR count). The van der Waals surface area contributed by atoms with E-state index in [4.69, 9.17) is 9.47 Å². The summed E-state index contributed by atoms with van der Waals surface area (Å²) in [5, 5.41) is 0.994. The van der Waals surface area contributed by atoms with Crippen LogP contribution in [0.2, 0.25) is 0 Å². The number of hydrogen-bond donors (Lipinski definition) is 0. The van der Waals surface area contributed by atoms with Gasteiger partial charge in [0.15, 0.2) is 11.5 Å². The summed E-state index contributed by atoms with van der Waals surface area (Å²) in [6.45, 7) is 5.19. The van der Waals surface area contributed by atoms with Gasteiger partial charge in [0.1, 0.15) is 0 Å². The number of alkyl halides is 1. The van der Waals surface area contributed by atoms with Crippen LogP contribution in [-0.2, 0) is 6.54 Å². The summed E-state index contributed by atoms with van der Waals surface area (Å²) < 4.78 is 10.5. The first-order valence-electron chi connectivity index (χ1n) is 5.74. The van der Waals surface area contributed by atoms with Crippen molar-refractivity contribution in [3.63, 3.8) is 0 Å². The molecule has 4 heteroatoms. The maximum Gasteiger partial charge on any atom is 0.161 e. The van der Waals surface area contributed by atoms with Gasteiger partial charge >= 0.3 is 0 Å². The Bertz CT molecular complexity index is 344. The number of halogens is 1. The second-order valence-electron chi connectivity index (χ2n) is 3.75. The smallest absolute Gasteiger partial charge is 0.161 e. The van der Waals surface area contributed by atoms with E-state index in [0.29, 0.717) is 0 Å². The lowest BCUT2D eigenvalue weighted by atomic mass is 10.2. The monoisotopic (exact) mass is 301 g/mol. The Hall–Kier alpha value is -0.740. The Morgan fingerprint density at radius 3 is 2.41 bits per heavy atom. The molecule has 0 bridgehead atoms. The minimum absolute atomic E-state index is 0.778. The third kappa shape index (κ3) is 4.21. The van der Waals surface area contributed by atoms with E-state index >= 15 is 0 Å². The number of hydrogen-bond acceptors (Lipinski definition) is 3. The molecule has 17 heavy (non-hydrogen) atoms. The van der Waals surface area contributed by atoms with Crippen LogP contribution in [0.5, 0.6) is 11.5 Å². The highest BCUT2D eigenvalue weighted by molar-refractivity contribution is 9.09. The van der Waals surface area contributed by atoms with E-state index in [1.54, 1.807) is 14.2 Å². The van der Waals surface area contributed by atoms with Crippen molar-refractivity contribution in [1.29, 1.82) is 0 Å². The van der Waals surface area contributed by atoms with E-state index < -0.39 is 0 Å². The predicted octanol–water partition coefficient (Wildman–Crippen LogP) is 2.92. The minimum Gasteiger partial charge on any atom is -0.493 e. The molecule has 0 aliphatic carbocycles. The molecule has 0 N–H and O–H groups in total. The van der Waals surface area contributed by atoms with Gasteiger partial charge in [-0.25, -0.2) is 0 Å². The van der Waals surface area contributed by atoms with Crippen molar-refractivity contribution in [2.24, 2.45) is 0 Å². The Labute approximate surface area is 112 Å². The molecule has 0 aromatic heterocycles. The van der Waals surface area contributed by atoms with E-state index in [9.17, 15) is 0 Å². The van der Waals surface area contributed by atoms with Gasteiger partial charge in [-0.3, -0.25) is 4.90 Å². The molecular weight excluding hydrogens is 282 g/mol. The number of benzene rings is 1. The highest BCUT2D eigenvalue weighted by Crippen LogP contribution is 2.27. The number of nitrogens with zero attached hydrogens (tertiary/aromatic N) is 1. The first-order valence-corrected chi connectivity index (χ1v) is 6.86. The van der Waals surface area contributed by atoms with Crippen LogP contribution in [-0.4, -0.2) is 37.5 Å². The van der Waals surface area contributed by atoms with Crippen LogP contribution in [0.25, 0.3) is 0 Å². The zero-order valence-electron chi connectivity index (χ0n) is 10.7. The second-order valence-corrected chi connectivity index (χ2v) is 4.54. The van der Waals surface area contributed by atoms with Gasteiger partial charge in [0.25, 0.3) is 0 Å². The van der Waals surface area contributed by atoms with Crippen LogP contribution in [0.1, 0.15) is 12.5 Å². The van der Waals surface area contributed by atoms with Gasteiger partial charge in [-0.05, 0) is 24.2 Å². The highest BCUT2D eigenvalue weighted by atomic mass is 79.9. The van der Waals surface area contributed by atoms with E-state index in [1.807, 2.05) is 12.1 Å². The van der Waals surface area contributed by atoms with Crippen LogP contribution >= 0.6 is 15.9 Å². The molecule has 0 atom stereocenters.